The van der Waals surface area contributed by atoms with Gasteiger partial charge in [-0.3, -0.25) is 4.90 Å². The standard InChI is InChI=1S/C17H25FN2O3/c1-3-20(4-2)15-16(21)14(13-10-22-17(15)23-13)19-9-11-5-7-12(18)8-6-11/h5-8,13-17,19,21H,3-4,9-10H2,1-2H3/t13-,14+,15-,16-,17+/m0/s1. The zero-order chi connectivity index (χ0) is 16.4. The van der Waals surface area contributed by atoms with Crippen LogP contribution >= 0.6 is 0 Å². The van der Waals surface area contributed by atoms with Gasteiger partial charge in [-0.1, -0.05) is 26.0 Å². The lowest BCUT2D eigenvalue weighted by molar-refractivity contribution is -0.181. The van der Waals surface area contributed by atoms with Gasteiger partial charge in [-0.05, 0) is 30.8 Å². The fourth-order valence-electron chi connectivity index (χ4n) is 3.52. The van der Waals surface area contributed by atoms with Crippen LogP contribution in [0, 0.1) is 5.82 Å². The molecule has 0 saturated carbocycles. The number of aliphatic hydroxyl groups excluding tert-OH is 1. The third-order valence-corrected chi connectivity index (χ3v) is 4.82. The summed E-state index contributed by atoms with van der Waals surface area (Å²) in [6.07, 6.45) is -1.08. The topological polar surface area (TPSA) is 54.0 Å². The van der Waals surface area contributed by atoms with Crippen molar-refractivity contribution in [3.05, 3.63) is 35.6 Å². The van der Waals surface area contributed by atoms with E-state index in [4.69, 9.17) is 9.47 Å². The normalized spacial score (nSPS) is 33.3. The monoisotopic (exact) mass is 324 g/mol. The number of hydrogen-bond acceptors (Lipinski definition) is 5. The molecule has 0 radical (unpaired) electrons. The van der Waals surface area contributed by atoms with Gasteiger partial charge < -0.3 is 19.9 Å². The summed E-state index contributed by atoms with van der Waals surface area (Å²) in [7, 11) is 0. The van der Waals surface area contributed by atoms with Crippen LogP contribution in [0.4, 0.5) is 4.39 Å². The first-order valence-corrected chi connectivity index (χ1v) is 8.31. The molecule has 1 aromatic carbocycles. The first-order chi connectivity index (χ1) is 11.1. The maximum absolute atomic E-state index is 13.0. The molecular weight excluding hydrogens is 299 g/mol. The van der Waals surface area contributed by atoms with Gasteiger partial charge in [-0.2, -0.15) is 0 Å². The number of ether oxygens (including phenoxy) is 2. The SMILES string of the molecule is CCN(CC)[C@@H]1[C@@H]2OC[C@H](O2)[C@@H](NCc2ccc(F)cc2)[C@@H]1O. The molecule has 2 aliphatic rings. The number of likely N-dealkylation sites (N-methyl/N-ethyl adjacent to an activating group) is 1. The third kappa shape index (κ3) is 3.41. The van der Waals surface area contributed by atoms with Gasteiger partial charge in [-0.25, -0.2) is 4.39 Å². The summed E-state index contributed by atoms with van der Waals surface area (Å²) in [6, 6.07) is 6.00. The van der Waals surface area contributed by atoms with Crippen LogP contribution in [0.3, 0.4) is 0 Å². The second-order valence-corrected chi connectivity index (χ2v) is 6.11. The minimum atomic E-state index is -0.568. The van der Waals surface area contributed by atoms with E-state index in [1.54, 1.807) is 12.1 Å². The van der Waals surface area contributed by atoms with Crippen LogP contribution in [0.5, 0.6) is 0 Å². The van der Waals surface area contributed by atoms with Crippen LogP contribution in [0.2, 0.25) is 0 Å². The van der Waals surface area contributed by atoms with E-state index in [1.807, 2.05) is 0 Å². The molecule has 0 unspecified atom stereocenters. The van der Waals surface area contributed by atoms with E-state index in [0.717, 1.165) is 18.7 Å². The summed E-state index contributed by atoms with van der Waals surface area (Å²) >= 11 is 0. The molecule has 0 spiro atoms. The molecule has 0 aliphatic carbocycles. The molecule has 2 heterocycles. The predicted molar refractivity (Wildman–Crippen MR) is 84.4 cm³/mol. The molecule has 0 amide bonds. The smallest absolute Gasteiger partial charge is 0.176 e. The van der Waals surface area contributed by atoms with Gasteiger partial charge in [0.25, 0.3) is 0 Å². The fourth-order valence-corrected chi connectivity index (χ4v) is 3.52. The van der Waals surface area contributed by atoms with E-state index in [9.17, 15) is 9.50 Å². The summed E-state index contributed by atoms with van der Waals surface area (Å²) in [4.78, 5) is 2.17. The molecule has 2 N–H and O–H groups in total. The first-order valence-electron chi connectivity index (χ1n) is 8.31. The molecule has 5 atom stereocenters. The number of halogens is 1. The molecule has 3 rings (SSSR count). The summed E-state index contributed by atoms with van der Waals surface area (Å²) in [6.45, 7) is 6.84. The average Bonchev–Trinajstić information content (AvgIpc) is 2.98. The van der Waals surface area contributed by atoms with Crippen molar-refractivity contribution >= 4 is 0 Å². The van der Waals surface area contributed by atoms with Crippen LogP contribution in [-0.2, 0) is 16.0 Å². The Kier molecular flexibility index (Phi) is 5.28. The van der Waals surface area contributed by atoms with Crippen LogP contribution in [0.1, 0.15) is 19.4 Å². The Hall–Kier alpha value is -1.05. The molecule has 6 heteroatoms. The Bertz CT molecular complexity index is 507. The van der Waals surface area contributed by atoms with Gasteiger partial charge in [0.15, 0.2) is 6.29 Å². The molecule has 2 fully saturated rings. The Morgan fingerprint density at radius 3 is 2.61 bits per heavy atom. The van der Waals surface area contributed by atoms with Crippen LogP contribution in [0.25, 0.3) is 0 Å². The van der Waals surface area contributed by atoms with E-state index in [1.165, 1.54) is 12.1 Å². The molecule has 2 aliphatic heterocycles. The Labute approximate surface area is 136 Å². The van der Waals surface area contributed by atoms with Gasteiger partial charge in [0.1, 0.15) is 11.9 Å². The quantitative estimate of drug-likeness (QED) is 0.821. The van der Waals surface area contributed by atoms with Gasteiger partial charge in [0.2, 0.25) is 0 Å². The van der Waals surface area contributed by atoms with Gasteiger partial charge in [0.05, 0.1) is 24.8 Å². The zero-order valence-corrected chi connectivity index (χ0v) is 13.6. The second kappa shape index (κ2) is 7.23. The number of nitrogens with one attached hydrogen (secondary N) is 1. The molecular formula is C17H25FN2O3. The first kappa shape index (κ1) is 16.8. The van der Waals surface area contributed by atoms with Crippen LogP contribution < -0.4 is 5.32 Å². The molecule has 1 aromatic rings. The maximum atomic E-state index is 13.0. The van der Waals surface area contributed by atoms with Crippen molar-refractivity contribution in [2.24, 2.45) is 0 Å². The number of nitrogens with zero attached hydrogens (tertiary/aromatic N) is 1. The number of fused-ring (bicyclic) bond motifs is 2. The van der Waals surface area contributed by atoms with Crippen LogP contribution in [0.15, 0.2) is 24.3 Å². The van der Waals surface area contributed by atoms with Crippen molar-refractivity contribution in [3.63, 3.8) is 0 Å². The molecule has 2 saturated heterocycles. The number of rotatable bonds is 6. The zero-order valence-electron chi connectivity index (χ0n) is 13.6. The Morgan fingerprint density at radius 1 is 1.26 bits per heavy atom. The van der Waals surface area contributed by atoms with Crippen molar-refractivity contribution < 1.29 is 19.0 Å². The lowest BCUT2D eigenvalue weighted by Gasteiger charge is -2.43. The highest BCUT2D eigenvalue weighted by Gasteiger charge is 2.51. The molecule has 128 valence electrons. The second-order valence-electron chi connectivity index (χ2n) is 6.11. The van der Waals surface area contributed by atoms with Crippen LogP contribution in [-0.4, -0.2) is 60.3 Å². The van der Waals surface area contributed by atoms with Gasteiger partial charge in [0, 0.05) is 6.54 Å². The third-order valence-electron chi connectivity index (χ3n) is 4.82. The average molecular weight is 324 g/mol. The summed E-state index contributed by atoms with van der Waals surface area (Å²) in [5.74, 6) is -0.247. The van der Waals surface area contributed by atoms with Crippen molar-refractivity contribution in [1.29, 1.82) is 0 Å². The van der Waals surface area contributed by atoms with Crippen molar-refractivity contribution in [2.45, 2.75) is 51.0 Å². The van der Waals surface area contributed by atoms with E-state index in [0.29, 0.717) is 13.2 Å². The number of aliphatic hydroxyl groups is 1. The van der Waals surface area contributed by atoms with E-state index >= 15 is 0 Å². The molecule has 0 aromatic heterocycles. The lowest BCUT2D eigenvalue weighted by Crippen LogP contribution is -2.64. The highest BCUT2D eigenvalue weighted by Crippen LogP contribution is 2.31. The fraction of sp³-hybridized carbons (Fsp3) is 0.647. The molecule has 23 heavy (non-hydrogen) atoms. The van der Waals surface area contributed by atoms with E-state index in [2.05, 4.69) is 24.1 Å². The summed E-state index contributed by atoms with van der Waals surface area (Å²) in [5.41, 5.74) is 0.971. The summed E-state index contributed by atoms with van der Waals surface area (Å²) in [5, 5.41) is 14.2. The van der Waals surface area contributed by atoms with Gasteiger partial charge >= 0.3 is 0 Å². The highest BCUT2D eigenvalue weighted by molar-refractivity contribution is 5.16. The number of benzene rings is 1. The Balaban J connectivity index is 1.69. The van der Waals surface area contributed by atoms with Crippen molar-refractivity contribution in [1.82, 2.24) is 10.2 Å². The minimum absolute atomic E-state index is 0.151. The Morgan fingerprint density at radius 2 is 1.96 bits per heavy atom. The largest absolute Gasteiger partial charge is 0.390 e. The van der Waals surface area contributed by atoms with E-state index in [-0.39, 0.29) is 30.3 Å². The molecule has 2 bridgehead atoms. The molecule has 5 nitrogen and oxygen atoms in total. The highest BCUT2D eigenvalue weighted by atomic mass is 19.1. The number of hydrogen-bond donors (Lipinski definition) is 2. The maximum Gasteiger partial charge on any atom is 0.176 e. The lowest BCUT2D eigenvalue weighted by atomic mass is 9.94. The van der Waals surface area contributed by atoms with Gasteiger partial charge in [-0.15, -0.1) is 0 Å². The minimum Gasteiger partial charge on any atom is -0.390 e. The van der Waals surface area contributed by atoms with Crippen molar-refractivity contribution in [2.75, 3.05) is 19.7 Å². The summed E-state index contributed by atoms with van der Waals surface area (Å²) < 4.78 is 24.6. The van der Waals surface area contributed by atoms with E-state index < -0.39 is 6.10 Å². The van der Waals surface area contributed by atoms with Crippen molar-refractivity contribution in [3.8, 4) is 0 Å². The predicted octanol–water partition coefficient (Wildman–Crippen LogP) is 1.11.